The molecule has 1 N–H and O–H groups in total. The Kier molecular flexibility index (Phi) is 6.00. The minimum Gasteiger partial charge on any atom is -0.497 e. The fourth-order valence-corrected chi connectivity index (χ4v) is 1.75. The van der Waals surface area contributed by atoms with Gasteiger partial charge in [0.1, 0.15) is 10.6 Å². The number of nitrogens with one attached hydrogen (secondary N) is 1. The van der Waals surface area contributed by atoms with Gasteiger partial charge in [0.25, 0.3) is 0 Å². The van der Waals surface area contributed by atoms with E-state index in [1.54, 1.807) is 7.11 Å². The van der Waals surface area contributed by atoms with Crippen LogP contribution in [0.15, 0.2) is 24.3 Å². The molecule has 0 fully saturated rings. The van der Waals surface area contributed by atoms with Gasteiger partial charge in [0.15, 0.2) is 0 Å². The maximum absolute atomic E-state index is 11.1. The molecule has 0 spiro atoms. The van der Waals surface area contributed by atoms with Crippen LogP contribution in [0.3, 0.4) is 0 Å². The molecular formula is C12H16BrNO3. The molecule has 17 heavy (non-hydrogen) atoms. The first-order valence-electron chi connectivity index (χ1n) is 5.23. The first-order chi connectivity index (χ1) is 8.17. The number of ether oxygens (including phenoxy) is 2. The standard InChI is InChI=1S/C12H16BrNO3/c1-16-10-5-3-4-9(6-10)7-14-8-11(13)12(15)17-2/h3-6,11,14H,7-8H2,1-2H3. The van der Waals surface area contributed by atoms with E-state index in [2.05, 4.69) is 26.0 Å². The number of hydrogen-bond acceptors (Lipinski definition) is 4. The molecule has 0 aliphatic rings. The molecule has 0 amide bonds. The molecule has 0 saturated heterocycles. The summed E-state index contributed by atoms with van der Waals surface area (Å²) in [6, 6.07) is 7.78. The third-order valence-corrected chi connectivity index (χ3v) is 2.94. The van der Waals surface area contributed by atoms with Gasteiger partial charge in [-0.3, -0.25) is 4.79 Å². The molecule has 1 aromatic rings. The maximum Gasteiger partial charge on any atom is 0.320 e. The number of halogens is 1. The van der Waals surface area contributed by atoms with Crippen molar-refractivity contribution in [2.24, 2.45) is 0 Å². The van der Waals surface area contributed by atoms with Crippen LogP contribution in [0, 0.1) is 0 Å². The third-order valence-electron chi connectivity index (χ3n) is 2.24. The van der Waals surface area contributed by atoms with Gasteiger partial charge in [-0.15, -0.1) is 0 Å². The van der Waals surface area contributed by atoms with Crippen LogP contribution in [0.4, 0.5) is 0 Å². The highest BCUT2D eigenvalue weighted by Gasteiger charge is 2.13. The number of esters is 1. The van der Waals surface area contributed by atoms with Gasteiger partial charge < -0.3 is 14.8 Å². The zero-order chi connectivity index (χ0) is 12.7. The van der Waals surface area contributed by atoms with Gasteiger partial charge in [-0.25, -0.2) is 0 Å². The van der Waals surface area contributed by atoms with Crippen LogP contribution in [0.2, 0.25) is 0 Å². The Balaban J connectivity index is 2.37. The van der Waals surface area contributed by atoms with E-state index in [4.69, 9.17) is 4.74 Å². The maximum atomic E-state index is 11.1. The topological polar surface area (TPSA) is 47.6 Å². The van der Waals surface area contributed by atoms with Gasteiger partial charge >= 0.3 is 5.97 Å². The lowest BCUT2D eigenvalue weighted by Crippen LogP contribution is -2.29. The Morgan fingerprint density at radius 1 is 1.47 bits per heavy atom. The predicted molar refractivity (Wildman–Crippen MR) is 69.4 cm³/mol. The molecule has 4 nitrogen and oxygen atoms in total. The van der Waals surface area contributed by atoms with Crippen molar-refractivity contribution in [3.63, 3.8) is 0 Å². The molecule has 0 aliphatic heterocycles. The molecule has 1 aromatic carbocycles. The monoisotopic (exact) mass is 301 g/mol. The summed E-state index contributed by atoms with van der Waals surface area (Å²) in [5.74, 6) is 0.552. The van der Waals surface area contributed by atoms with E-state index >= 15 is 0 Å². The summed E-state index contributed by atoms with van der Waals surface area (Å²) in [6.45, 7) is 1.19. The van der Waals surface area contributed by atoms with E-state index in [-0.39, 0.29) is 10.8 Å². The van der Waals surface area contributed by atoms with Crippen LogP contribution in [-0.2, 0) is 16.1 Å². The molecule has 1 rings (SSSR count). The summed E-state index contributed by atoms with van der Waals surface area (Å²) >= 11 is 3.24. The van der Waals surface area contributed by atoms with Gasteiger partial charge in [-0.2, -0.15) is 0 Å². The van der Waals surface area contributed by atoms with Crippen LogP contribution in [0.25, 0.3) is 0 Å². The highest BCUT2D eigenvalue weighted by molar-refractivity contribution is 9.10. The van der Waals surface area contributed by atoms with Crippen LogP contribution < -0.4 is 10.1 Å². The van der Waals surface area contributed by atoms with Gasteiger partial charge in [0, 0.05) is 13.1 Å². The molecule has 1 unspecified atom stereocenters. The summed E-state index contributed by atoms with van der Waals surface area (Å²) in [5.41, 5.74) is 1.11. The predicted octanol–water partition coefficient (Wildman–Crippen LogP) is 1.72. The Labute approximate surface area is 109 Å². The largest absolute Gasteiger partial charge is 0.497 e. The second-order valence-corrected chi connectivity index (χ2v) is 4.58. The van der Waals surface area contributed by atoms with Gasteiger partial charge in [0.05, 0.1) is 14.2 Å². The van der Waals surface area contributed by atoms with Gasteiger partial charge in [-0.05, 0) is 17.7 Å². The van der Waals surface area contributed by atoms with E-state index in [1.165, 1.54) is 7.11 Å². The Morgan fingerprint density at radius 2 is 2.24 bits per heavy atom. The SMILES string of the molecule is COC(=O)C(Br)CNCc1cccc(OC)c1. The van der Waals surface area contributed by atoms with Crippen molar-refractivity contribution in [3.05, 3.63) is 29.8 Å². The molecule has 0 radical (unpaired) electrons. The summed E-state index contributed by atoms with van der Waals surface area (Å²) < 4.78 is 9.73. The second-order valence-electron chi connectivity index (χ2n) is 3.47. The van der Waals surface area contributed by atoms with E-state index < -0.39 is 0 Å². The van der Waals surface area contributed by atoms with E-state index in [9.17, 15) is 4.79 Å². The lowest BCUT2D eigenvalue weighted by molar-refractivity contribution is -0.139. The zero-order valence-corrected chi connectivity index (χ0v) is 11.5. The molecule has 0 aromatic heterocycles. The molecule has 0 heterocycles. The van der Waals surface area contributed by atoms with Crippen LogP contribution in [-0.4, -0.2) is 31.6 Å². The third kappa shape index (κ3) is 4.75. The van der Waals surface area contributed by atoms with Crippen molar-refractivity contribution in [2.75, 3.05) is 20.8 Å². The fourth-order valence-electron chi connectivity index (χ4n) is 1.34. The number of carbonyl (C=O) groups excluding carboxylic acids is 1. The van der Waals surface area contributed by atoms with E-state index in [0.717, 1.165) is 11.3 Å². The van der Waals surface area contributed by atoms with Crippen molar-refractivity contribution in [1.82, 2.24) is 5.32 Å². The van der Waals surface area contributed by atoms with Crippen molar-refractivity contribution >= 4 is 21.9 Å². The summed E-state index contributed by atoms with van der Waals surface area (Å²) in [5, 5.41) is 3.16. The molecular weight excluding hydrogens is 286 g/mol. The fraction of sp³-hybridized carbons (Fsp3) is 0.417. The lowest BCUT2D eigenvalue weighted by atomic mass is 10.2. The smallest absolute Gasteiger partial charge is 0.320 e. The summed E-state index contributed by atoms with van der Waals surface area (Å²) in [6.07, 6.45) is 0. The molecule has 94 valence electrons. The van der Waals surface area contributed by atoms with Crippen LogP contribution >= 0.6 is 15.9 Å². The van der Waals surface area contributed by atoms with Crippen molar-refractivity contribution < 1.29 is 14.3 Å². The highest BCUT2D eigenvalue weighted by Crippen LogP contribution is 2.12. The Hall–Kier alpha value is -1.07. The minimum absolute atomic E-state index is 0.275. The summed E-state index contributed by atoms with van der Waals surface area (Å²) in [7, 11) is 3.01. The number of hydrogen-bond donors (Lipinski definition) is 1. The van der Waals surface area contributed by atoms with Crippen molar-refractivity contribution in [1.29, 1.82) is 0 Å². The average molecular weight is 302 g/mol. The number of alkyl halides is 1. The average Bonchev–Trinajstić information content (AvgIpc) is 2.37. The summed E-state index contributed by atoms with van der Waals surface area (Å²) in [4.78, 5) is 10.8. The Bertz CT molecular complexity index is 371. The first-order valence-corrected chi connectivity index (χ1v) is 6.14. The number of rotatable bonds is 6. The van der Waals surface area contributed by atoms with Crippen molar-refractivity contribution in [2.45, 2.75) is 11.4 Å². The number of methoxy groups -OCH3 is 2. The van der Waals surface area contributed by atoms with Crippen molar-refractivity contribution in [3.8, 4) is 5.75 Å². The molecule has 1 atom stereocenters. The number of benzene rings is 1. The molecule has 0 bridgehead atoms. The molecule has 0 aliphatic carbocycles. The quantitative estimate of drug-likeness (QED) is 0.642. The zero-order valence-electron chi connectivity index (χ0n) is 9.90. The minimum atomic E-state index is -0.321. The molecule has 0 saturated carbocycles. The molecule has 5 heteroatoms. The van der Waals surface area contributed by atoms with Gasteiger partial charge in [-0.1, -0.05) is 28.1 Å². The second kappa shape index (κ2) is 7.29. The van der Waals surface area contributed by atoms with Gasteiger partial charge in [0.2, 0.25) is 0 Å². The first kappa shape index (κ1) is 14.0. The van der Waals surface area contributed by atoms with E-state index in [1.807, 2.05) is 24.3 Å². The normalized spacial score (nSPS) is 11.9. The van der Waals surface area contributed by atoms with Crippen LogP contribution in [0.5, 0.6) is 5.75 Å². The van der Waals surface area contributed by atoms with E-state index in [0.29, 0.717) is 13.1 Å². The van der Waals surface area contributed by atoms with Crippen LogP contribution in [0.1, 0.15) is 5.56 Å². The Morgan fingerprint density at radius 3 is 2.88 bits per heavy atom. The lowest BCUT2D eigenvalue weighted by Gasteiger charge is -2.09. The number of carbonyl (C=O) groups is 1. The highest BCUT2D eigenvalue weighted by atomic mass is 79.9.